The number of nitrogens with zero attached hydrogens (tertiary/aromatic N) is 1. The Kier molecular flexibility index (Phi) is 4.74. The summed E-state index contributed by atoms with van der Waals surface area (Å²) in [6, 6.07) is 11.5. The molecule has 0 unspecified atom stereocenters. The molecular weight excluding hydrogens is 316 g/mol. The molecule has 2 amide bonds. The van der Waals surface area contributed by atoms with Gasteiger partial charge >= 0.3 is 0 Å². The molecule has 1 aliphatic heterocycles. The molecule has 0 fully saturated rings. The average molecular weight is 338 g/mol. The minimum atomic E-state index is -0.0934. The Balaban J connectivity index is 1.74. The first-order chi connectivity index (χ1) is 12.0. The summed E-state index contributed by atoms with van der Waals surface area (Å²) in [4.78, 5) is 25.9. The highest BCUT2D eigenvalue weighted by Gasteiger charge is 2.21. The standard InChI is InChI=1S/C20H22N2O3/c1-13-4-8-18(25-3)16(10-13)21-19(23)12-14-5-7-17-15(11-14)6-9-20(24)22(17)2/h4-5,7-8,10-11H,6,9,12H2,1-3H3,(H,21,23). The predicted molar refractivity (Wildman–Crippen MR) is 98.2 cm³/mol. The van der Waals surface area contributed by atoms with Crippen molar-refractivity contribution in [2.75, 3.05) is 24.4 Å². The summed E-state index contributed by atoms with van der Waals surface area (Å²) in [5, 5.41) is 2.92. The number of ether oxygens (including phenoxy) is 1. The summed E-state index contributed by atoms with van der Waals surface area (Å²) in [5.74, 6) is 0.679. The molecule has 1 aliphatic rings. The van der Waals surface area contributed by atoms with Gasteiger partial charge in [-0.1, -0.05) is 18.2 Å². The Hall–Kier alpha value is -2.82. The van der Waals surface area contributed by atoms with Crippen molar-refractivity contribution in [3.05, 3.63) is 53.1 Å². The van der Waals surface area contributed by atoms with Gasteiger partial charge in [-0.2, -0.15) is 0 Å². The van der Waals surface area contributed by atoms with Gasteiger partial charge in [0.1, 0.15) is 5.75 Å². The van der Waals surface area contributed by atoms with E-state index in [-0.39, 0.29) is 18.2 Å². The van der Waals surface area contributed by atoms with Crippen LogP contribution in [-0.4, -0.2) is 26.0 Å². The van der Waals surface area contributed by atoms with Gasteiger partial charge in [0.25, 0.3) is 0 Å². The summed E-state index contributed by atoms with van der Waals surface area (Å²) in [6.07, 6.45) is 1.52. The van der Waals surface area contributed by atoms with Crippen molar-refractivity contribution >= 4 is 23.2 Å². The maximum Gasteiger partial charge on any atom is 0.228 e. The molecule has 2 aromatic rings. The van der Waals surface area contributed by atoms with Gasteiger partial charge in [-0.3, -0.25) is 9.59 Å². The second kappa shape index (κ2) is 6.97. The topological polar surface area (TPSA) is 58.6 Å². The molecule has 1 N–H and O–H groups in total. The minimum Gasteiger partial charge on any atom is -0.495 e. The van der Waals surface area contributed by atoms with E-state index in [1.54, 1.807) is 19.1 Å². The zero-order valence-electron chi connectivity index (χ0n) is 14.8. The van der Waals surface area contributed by atoms with Crippen LogP contribution in [0.4, 0.5) is 11.4 Å². The third-order valence-corrected chi connectivity index (χ3v) is 4.48. The summed E-state index contributed by atoms with van der Waals surface area (Å²) >= 11 is 0. The van der Waals surface area contributed by atoms with Crippen LogP contribution in [-0.2, 0) is 22.4 Å². The van der Waals surface area contributed by atoms with Crippen LogP contribution in [0, 0.1) is 6.92 Å². The van der Waals surface area contributed by atoms with Gasteiger partial charge in [0, 0.05) is 19.2 Å². The number of rotatable bonds is 4. The van der Waals surface area contributed by atoms with Crippen molar-refractivity contribution in [1.29, 1.82) is 0 Å². The van der Waals surface area contributed by atoms with Gasteiger partial charge in [-0.05, 0) is 48.2 Å². The molecule has 5 heteroatoms. The highest BCUT2D eigenvalue weighted by atomic mass is 16.5. The van der Waals surface area contributed by atoms with Gasteiger partial charge < -0.3 is 15.0 Å². The molecule has 0 atom stereocenters. The average Bonchev–Trinajstić information content (AvgIpc) is 2.58. The Bertz CT molecular complexity index is 830. The van der Waals surface area contributed by atoms with Crippen molar-refractivity contribution in [1.82, 2.24) is 0 Å². The lowest BCUT2D eigenvalue weighted by Crippen LogP contribution is -2.31. The van der Waals surface area contributed by atoms with E-state index in [0.717, 1.165) is 28.8 Å². The van der Waals surface area contributed by atoms with Crippen LogP contribution >= 0.6 is 0 Å². The van der Waals surface area contributed by atoms with Crippen molar-refractivity contribution in [3.8, 4) is 5.75 Å². The second-order valence-corrected chi connectivity index (χ2v) is 6.34. The third-order valence-electron chi connectivity index (χ3n) is 4.48. The van der Waals surface area contributed by atoms with E-state index in [1.165, 1.54) is 0 Å². The van der Waals surface area contributed by atoms with Crippen molar-refractivity contribution in [3.63, 3.8) is 0 Å². The van der Waals surface area contributed by atoms with Crippen LogP contribution in [0.3, 0.4) is 0 Å². The van der Waals surface area contributed by atoms with Crippen LogP contribution in [0.1, 0.15) is 23.1 Å². The number of carbonyl (C=O) groups is 2. The van der Waals surface area contributed by atoms with Crippen molar-refractivity contribution < 1.29 is 14.3 Å². The molecule has 0 saturated heterocycles. The summed E-state index contributed by atoms with van der Waals surface area (Å²) in [5.41, 5.74) is 4.71. The van der Waals surface area contributed by atoms with Crippen molar-refractivity contribution in [2.24, 2.45) is 0 Å². The Labute approximate surface area is 147 Å². The van der Waals surface area contributed by atoms with Gasteiger partial charge in [-0.15, -0.1) is 0 Å². The van der Waals surface area contributed by atoms with Crippen LogP contribution in [0.2, 0.25) is 0 Å². The van der Waals surface area contributed by atoms with E-state index in [9.17, 15) is 9.59 Å². The number of benzene rings is 2. The van der Waals surface area contributed by atoms with E-state index in [2.05, 4.69) is 5.32 Å². The number of amides is 2. The summed E-state index contributed by atoms with van der Waals surface area (Å²) in [7, 11) is 3.37. The summed E-state index contributed by atoms with van der Waals surface area (Å²) in [6.45, 7) is 1.97. The number of methoxy groups -OCH3 is 1. The third kappa shape index (κ3) is 3.65. The monoisotopic (exact) mass is 338 g/mol. The van der Waals surface area contributed by atoms with Gasteiger partial charge in [-0.25, -0.2) is 0 Å². The number of nitrogens with one attached hydrogen (secondary N) is 1. The number of carbonyl (C=O) groups excluding carboxylic acids is 2. The fourth-order valence-corrected chi connectivity index (χ4v) is 3.12. The minimum absolute atomic E-state index is 0.0934. The van der Waals surface area contributed by atoms with E-state index >= 15 is 0 Å². The maximum absolute atomic E-state index is 12.4. The number of hydrogen-bond donors (Lipinski definition) is 1. The van der Waals surface area contributed by atoms with Crippen LogP contribution in [0.5, 0.6) is 5.75 Å². The molecule has 0 aromatic heterocycles. The highest BCUT2D eigenvalue weighted by molar-refractivity contribution is 5.96. The second-order valence-electron chi connectivity index (χ2n) is 6.34. The van der Waals surface area contributed by atoms with Crippen LogP contribution in [0.25, 0.3) is 0 Å². The number of hydrogen-bond acceptors (Lipinski definition) is 3. The van der Waals surface area contributed by atoms with E-state index in [4.69, 9.17) is 4.74 Å². The molecule has 25 heavy (non-hydrogen) atoms. The normalized spacial score (nSPS) is 13.4. The lowest BCUT2D eigenvalue weighted by atomic mass is 9.98. The van der Waals surface area contributed by atoms with Gasteiger partial charge in [0.15, 0.2) is 0 Å². The molecule has 0 radical (unpaired) electrons. The molecular formula is C20H22N2O3. The molecule has 0 bridgehead atoms. The Morgan fingerprint density at radius 2 is 2.00 bits per heavy atom. The number of aryl methyl sites for hydroxylation is 2. The maximum atomic E-state index is 12.4. The molecule has 5 nitrogen and oxygen atoms in total. The fraction of sp³-hybridized carbons (Fsp3) is 0.300. The first kappa shape index (κ1) is 17.0. The first-order valence-corrected chi connectivity index (χ1v) is 8.31. The van der Waals surface area contributed by atoms with Gasteiger partial charge in [0.05, 0.1) is 19.2 Å². The predicted octanol–water partition coefficient (Wildman–Crippen LogP) is 3.09. The summed E-state index contributed by atoms with van der Waals surface area (Å²) < 4.78 is 5.30. The number of fused-ring (bicyclic) bond motifs is 1. The van der Waals surface area contributed by atoms with Crippen LogP contribution in [0.15, 0.2) is 36.4 Å². The highest BCUT2D eigenvalue weighted by Crippen LogP contribution is 2.28. The van der Waals surface area contributed by atoms with E-state index in [0.29, 0.717) is 17.9 Å². The van der Waals surface area contributed by atoms with Crippen molar-refractivity contribution in [2.45, 2.75) is 26.2 Å². The fourth-order valence-electron chi connectivity index (χ4n) is 3.12. The lowest BCUT2D eigenvalue weighted by Gasteiger charge is -2.26. The first-order valence-electron chi connectivity index (χ1n) is 8.31. The van der Waals surface area contributed by atoms with E-state index < -0.39 is 0 Å². The molecule has 2 aromatic carbocycles. The quantitative estimate of drug-likeness (QED) is 0.932. The molecule has 0 aliphatic carbocycles. The zero-order chi connectivity index (χ0) is 18.0. The molecule has 0 spiro atoms. The van der Waals surface area contributed by atoms with Crippen LogP contribution < -0.4 is 15.0 Å². The molecule has 3 rings (SSSR count). The molecule has 130 valence electrons. The Morgan fingerprint density at radius 1 is 1.20 bits per heavy atom. The van der Waals surface area contributed by atoms with E-state index in [1.807, 2.05) is 43.3 Å². The molecule has 0 saturated carbocycles. The molecule has 1 heterocycles. The Morgan fingerprint density at radius 3 is 2.76 bits per heavy atom. The zero-order valence-corrected chi connectivity index (χ0v) is 14.8. The van der Waals surface area contributed by atoms with Gasteiger partial charge in [0.2, 0.25) is 11.8 Å². The largest absolute Gasteiger partial charge is 0.495 e. The number of anilines is 2. The SMILES string of the molecule is COc1ccc(C)cc1NC(=O)Cc1ccc2c(c1)CCC(=O)N2C. The smallest absolute Gasteiger partial charge is 0.228 e. The lowest BCUT2D eigenvalue weighted by molar-refractivity contribution is -0.118.